The molecule has 240 valence electrons. The molecule has 0 amide bonds. The van der Waals surface area contributed by atoms with E-state index in [4.69, 9.17) is 0 Å². The molecule has 0 aromatic rings. The standard InChI is InChI=1S/C40H56O4/c1-28(17-13-19-30(3)21-23-34-32(5)37(43)35(42)27-38(34,6)7)15-11-12-16-29(2)18-14-20-31(4)22-24-36-39(8,9)25-33(41)26-40(36,10)44/h11-23,33,35,37,41-44H,25-27H2,1-10H3/b12-11+,17-13+,18-14+,23-21+,28-15+,29-16+,30-19+,31-20+/t24?,33-,35-,37+,40+/m0/s1. The van der Waals surface area contributed by atoms with Crippen LogP contribution in [-0.2, 0) is 0 Å². The van der Waals surface area contributed by atoms with Gasteiger partial charge in [-0.1, -0.05) is 117 Å². The second-order valence-corrected chi connectivity index (χ2v) is 14.2. The highest BCUT2D eigenvalue weighted by Gasteiger charge is 2.44. The summed E-state index contributed by atoms with van der Waals surface area (Å²) < 4.78 is 0. The predicted octanol–water partition coefficient (Wildman–Crippen LogP) is 8.48. The zero-order valence-electron chi connectivity index (χ0n) is 28.6. The zero-order valence-corrected chi connectivity index (χ0v) is 28.6. The summed E-state index contributed by atoms with van der Waals surface area (Å²) in [4.78, 5) is 0. The molecule has 0 aromatic carbocycles. The molecule has 0 saturated heterocycles. The molecule has 1 fully saturated rings. The molecule has 0 unspecified atom stereocenters. The van der Waals surface area contributed by atoms with Gasteiger partial charge < -0.3 is 20.4 Å². The van der Waals surface area contributed by atoms with Crippen molar-refractivity contribution in [2.75, 3.05) is 0 Å². The summed E-state index contributed by atoms with van der Waals surface area (Å²) in [6, 6.07) is 0. The second kappa shape index (κ2) is 15.8. The summed E-state index contributed by atoms with van der Waals surface area (Å²) in [5, 5.41) is 41.4. The van der Waals surface area contributed by atoms with Crippen LogP contribution in [0.4, 0.5) is 0 Å². The van der Waals surface area contributed by atoms with E-state index < -0.39 is 23.9 Å². The Morgan fingerprint density at radius 2 is 1.18 bits per heavy atom. The first-order valence-electron chi connectivity index (χ1n) is 15.7. The molecular weight excluding hydrogens is 544 g/mol. The highest BCUT2D eigenvalue weighted by Crippen LogP contribution is 2.45. The van der Waals surface area contributed by atoms with E-state index in [9.17, 15) is 20.4 Å². The fraction of sp³-hybridized carbons (Fsp3) is 0.475. The summed E-state index contributed by atoms with van der Waals surface area (Å²) >= 11 is 0. The Morgan fingerprint density at radius 3 is 1.73 bits per heavy atom. The Morgan fingerprint density at radius 1 is 0.682 bits per heavy atom. The van der Waals surface area contributed by atoms with Gasteiger partial charge in [-0.2, -0.15) is 0 Å². The van der Waals surface area contributed by atoms with E-state index in [1.165, 1.54) is 0 Å². The third kappa shape index (κ3) is 11.2. The summed E-state index contributed by atoms with van der Waals surface area (Å²) in [5.41, 5.74) is 8.93. The lowest BCUT2D eigenvalue weighted by Crippen LogP contribution is -2.45. The Kier molecular flexibility index (Phi) is 13.4. The van der Waals surface area contributed by atoms with Crippen LogP contribution in [0, 0.1) is 10.8 Å². The largest absolute Gasteiger partial charge is 0.393 e. The summed E-state index contributed by atoms with van der Waals surface area (Å²) in [7, 11) is 0. The number of rotatable bonds is 9. The van der Waals surface area contributed by atoms with E-state index >= 15 is 0 Å². The Balaban J connectivity index is 1.97. The Hall–Kier alpha value is -2.98. The minimum Gasteiger partial charge on any atom is -0.393 e. The lowest BCUT2D eigenvalue weighted by atomic mass is 9.65. The van der Waals surface area contributed by atoms with Gasteiger partial charge in [-0.15, -0.1) is 5.73 Å². The molecule has 2 rings (SSSR count). The van der Waals surface area contributed by atoms with Crippen molar-refractivity contribution < 1.29 is 20.4 Å². The Bertz CT molecular complexity index is 1350. The van der Waals surface area contributed by atoms with E-state index in [2.05, 4.69) is 82.9 Å². The van der Waals surface area contributed by atoms with Gasteiger partial charge in [0.2, 0.25) is 0 Å². The van der Waals surface area contributed by atoms with E-state index in [0.717, 1.165) is 39.0 Å². The Labute approximate surface area is 267 Å². The molecular formula is C40H56O4. The molecule has 2 aliphatic rings. The fourth-order valence-electron chi connectivity index (χ4n) is 6.22. The van der Waals surface area contributed by atoms with Crippen molar-refractivity contribution >= 4 is 0 Å². The smallest absolute Gasteiger partial charge is 0.101 e. The first-order valence-corrected chi connectivity index (χ1v) is 15.7. The molecule has 0 heterocycles. The van der Waals surface area contributed by atoms with Crippen LogP contribution >= 0.6 is 0 Å². The van der Waals surface area contributed by atoms with Crippen LogP contribution in [0.1, 0.15) is 88.5 Å². The number of hydrogen-bond acceptors (Lipinski definition) is 4. The number of aliphatic hydroxyl groups excluding tert-OH is 3. The van der Waals surface area contributed by atoms with Crippen LogP contribution in [0.2, 0.25) is 0 Å². The van der Waals surface area contributed by atoms with Crippen LogP contribution in [-0.4, -0.2) is 44.3 Å². The van der Waals surface area contributed by atoms with Gasteiger partial charge in [0.1, 0.15) is 6.10 Å². The van der Waals surface area contributed by atoms with Gasteiger partial charge in [0.05, 0.1) is 17.8 Å². The molecule has 0 radical (unpaired) electrons. The van der Waals surface area contributed by atoms with Gasteiger partial charge in [0.25, 0.3) is 0 Å². The van der Waals surface area contributed by atoms with Crippen LogP contribution in [0.25, 0.3) is 0 Å². The molecule has 44 heavy (non-hydrogen) atoms. The minimum absolute atomic E-state index is 0.183. The maximum absolute atomic E-state index is 10.8. The maximum Gasteiger partial charge on any atom is 0.101 e. The topological polar surface area (TPSA) is 80.9 Å². The van der Waals surface area contributed by atoms with Gasteiger partial charge in [-0.25, -0.2) is 0 Å². The van der Waals surface area contributed by atoms with Crippen molar-refractivity contribution in [3.63, 3.8) is 0 Å². The van der Waals surface area contributed by atoms with Crippen LogP contribution in [0.15, 0.2) is 124 Å². The van der Waals surface area contributed by atoms with Crippen molar-refractivity contribution in [3.05, 3.63) is 124 Å². The van der Waals surface area contributed by atoms with Crippen LogP contribution in [0.5, 0.6) is 0 Å². The maximum atomic E-state index is 10.8. The summed E-state index contributed by atoms with van der Waals surface area (Å²) in [6.45, 7) is 20.1. The van der Waals surface area contributed by atoms with E-state index in [1.54, 1.807) is 6.92 Å². The minimum atomic E-state index is -1.06. The van der Waals surface area contributed by atoms with Gasteiger partial charge >= 0.3 is 0 Å². The third-order valence-corrected chi connectivity index (χ3v) is 8.50. The molecule has 4 atom stereocenters. The van der Waals surface area contributed by atoms with Crippen molar-refractivity contribution in [1.29, 1.82) is 0 Å². The van der Waals surface area contributed by atoms with E-state index in [-0.39, 0.29) is 10.8 Å². The molecule has 0 aliphatic heterocycles. The number of aliphatic hydroxyl groups is 4. The molecule has 4 nitrogen and oxygen atoms in total. The van der Waals surface area contributed by atoms with Gasteiger partial charge in [-0.05, 0) is 88.0 Å². The zero-order chi connectivity index (χ0) is 33.3. The highest BCUT2D eigenvalue weighted by atomic mass is 16.3. The monoisotopic (exact) mass is 600 g/mol. The first-order chi connectivity index (χ1) is 20.4. The number of hydrogen-bond donors (Lipinski definition) is 4. The highest BCUT2D eigenvalue weighted by molar-refractivity contribution is 5.39. The van der Waals surface area contributed by atoms with Crippen LogP contribution in [0.3, 0.4) is 0 Å². The lowest BCUT2D eigenvalue weighted by Gasteiger charge is -2.43. The van der Waals surface area contributed by atoms with Crippen LogP contribution < -0.4 is 0 Å². The lowest BCUT2D eigenvalue weighted by molar-refractivity contribution is -0.0268. The second-order valence-electron chi connectivity index (χ2n) is 14.2. The van der Waals surface area contributed by atoms with Crippen molar-refractivity contribution in [1.82, 2.24) is 0 Å². The van der Waals surface area contributed by atoms with Gasteiger partial charge in [-0.3, -0.25) is 0 Å². The van der Waals surface area contributed by atoms with Crippen molar-refractivity contribution in [2.45, 2.75) is 112 Å². The van der Waals surface area contributed by atoms with E-state index in [0.29, 0.717) is 19.3 Å². The van der Waals surface area contributed by atoms with Crippen molar-refractivity contribution in [3.8, 4) is 0 Å². The summed E-state index contributed by atoms with van der Waals surface area (Å²) in [5.74, 6) is 0. The molecule has 0 aromatic heterocycles. The predicted molar refractivity (Wildman–Crippen MR) is 186 cm³/mol. The molecule has 0 spiro atoms. The average Bonchev–Trinajstić information content (AvgIpc) is 2.87. The normalized spacial score (nSPS) is 29.0. The third-order valence-electron chi connectivity index (χ3n) is 8.50. The van der Waals surface area contributed by atoms with Gasteiger partial charge in [0.15, 0.2) is 0 Å². The molecule has 0 bridgehead atoms. The average molecular weight is 601 g/mol. The molecule has 4 heteroatoms. The molecule has 4 N–H and O–H groups in total. The van der Waals surface area contributed by atoms with E-state index in [1.807, 2.05) is 64.2 Å². The fourth-order valence-corrected chi connectivity index (χ4v) is 6.22. The molecule has 2 aliphatic carbocycles. The quantitative estimate of drug-likeness (QED) is 0.158. The van der Waals surface area contributed by atoms with Gasteiger partial charge in [0, 0.05) is 12.0 Å². The first kappa shape index (κ1) is 37.2. The molecule has 1 saturated carbocycles. The van der Waals surface area contributed by atoms with Crippen molar-refractivity contribution in [2.24, 2.45) is 10.8 Å². The SMILES string of the molecule is CC1=C(/C=C/C(C)=C/C=C/C(C)=C/C=C/C=C(C)/C=C/C=C(\C)C=C=C2C(C)(C)C[C@H](O)C[C@@]2(C)O)C(C)(C)C[C@H](O)[C@@H]1O. The number of allylic oxidation sites excluding steroid dienone is 17. The summed E-state index contributed by atoms with van der Waals surface area (Å²) in [6.07, 6.45) is 26.0.